The number of rotatable bonds is 7. The third-order valence-corrected chi connectivity index (χ3v) is 4.35. The molecule has 3 aromatic heterocycles. The minimum Gasteiger partial charge on any atom is -0.480 e. The van der Waals surface area contributed by atoms with Crippen molar-refractivity contribution in [2.45, 2.75) is 46.7 Å². The van der Waals surface area contributed by atoms with Crippen molar-refractivity contribution in [2.24, 2.45) is 0 Å². The third kappa shape index (κ3) is 3.67. The van der Waals surface area contributed by atoms with Gasteiger partial charge in [0.15, 0.2) is 11.5 Å². The highest BCUT2D eigenvalue weighted by atomic mass is 16.4. The third-order valence-electron chi connectivity index (χ3n) is 4.35. The quantitative estimate of drug-likeness (QED) is 0.634. The first-order chi connectivity index (χ1) is 12.8. The maximum Gasteiger partial charge on any atom is 0.325 e. The van der Waals surface area contributed by atoms with Crippen LogP contribution in [0.15, 0.2) is 22.8 Å². The maximum atomic E-state index is 11.8. The molecule has 0 unspecified atom stereocenters. The lowest BCUT2D eigenvalue weighted by molar-refractivity contribution is -0.137. The number of carboxylic acid groups (broad SMARTS) is 1. The summed E-state index contributed by atoms with van der Waals surface area (Å²) in [6.45, 7) is 6.81. The van der Waals surface area contributed by atoms with Crippen LogP contribution in [0.2, 0.25) is 0 Å². The lowest BCUT2D eigenvalue weighted by atomic mass is 10.1. The molecule has 142 valence electrons. The molecule has 1 atom stereocenters. The summed E-state index contributed by atoms with van der Waals surface area (Å²) in [5.41, 5.74) is 2.07. The zero-order chi connectivity index (χ0) is 19.7. The van der Waals surface area contributed by atoms with Crippen molar-refractivity contribution in [3.8, 4) is 11.6 Å². The summed E-state index contributed by atoms with van der Waals surface area (Å²) in [6, 6.07) is 3.29. The summed E-state index contributed by atoms with van der Waals surface area (Å²) in [4.78, 5) is 27.5. The highest BCUT2D eigenvalue weighted by Crippen LogP contribution is 2.22. The molecule has 0 aliphatic heterocycles. The molecular weight excluding hydrogens is 350 g/mol. The Labute approximate surface area is 155 Å². The molecule has 0 aliphatic carbocycles. The van der Waals surface area contributed by atoms with Gasteiger partial charge in [0.2, 0.25) is 5.82 Å². The minimum absolute atomic E-state index is 0.0300. The van der Waals surface area contributed by atoms with Crippen LogP contribution in [0.3, 0.4) is 0 Å². The number of carboxylic acids is 1. The average molecular weight is 371 g/mol. The van der Waals surface area contributed by atoms with Gasteiger partial charge in [-0.3, -0.25) is 14.3 Å². The van der Waals surface area contributed by atoms with E-state index < -0.39 is 5.97 Å². The van der Waals surface area contributed by atoms with Gasteiger partial charge < -0.3 is 9.52 Å². The van der Waals surface area contributed by atoms with Crippen LogP contribution in [0.4, 0.5) is 0 Å². The fourth-order valence-electron chi connectivity index (χ4n) is 3.24. The highest BCUT2D eigenvalue weighted by molar-refractivity contribution is 5.96. The van der Waals surface area contributed by atoms with Crippen LogP contribution < -0.4 is 0 Å². The van der Waals surface area contributed by atoms with E-state index in [4.69, 9.17) is 9.52 Å². The van der Waals surface area contributed by atoms with Gasteiger partial charge in [-0.05, 0) is 39.8 Å². The van der Waals surface area contributed by atoms with Gasteiger partial charge in [0.05, 0.1) is 23.6 Å². The number of nitrogens with zero attached hydrogens (tertiary/aromatic N) is 5. The molecule has 3 heterocycles. The fraction of sp³-hybridized carbons (Fsp3) is 0.389. The lowest BCUT2D eigenvalue weighted by Crippen LogP contribution is -2.18. The summed E-state index contributed by atoms with van der Waals surface area (Å²) in [5.74, 6) is 0.273. The van der Waals surface area contributed by atoms with Gasteiger partial charge in [-0.1, -0.05) is 0 Å². The summed E-state index contributed by atoms with van der Waals surface area (Å²) >= 11 is 0. The highest BCUT2D eigenvalue weighted by Gasteiger charge is 2.22. The first-order valence-corrected chi connectivity index (χ1v) is 8.54. The van der Waals surface area contributed by atoms with Crippen molar-refractivity contribution < 1.29 is 19.1 Å². The van der Waals surface area contributed by atoms with Crippen LogP contribution in [0, 0.1) is 13.8 Å². The average Bonchev–Trinajstić information content (AvgIpc) is 3.27. The Morgan fingerprint density at radius 1 is 1.30 bits per heavy atom. The van der Waals surface area contributed by atoms with Crippen molar-refractivity contribution in [3.05, 3.63) is 41.2 Å². The number of aryl methyl sites for hydroxylation is 1. The second kappa shape index (κ2) is 7.18. The Kier molecular flexibility index (Phi) is 4.93. The van der Waals surface area contributed by atoms with Crippen LogP contribution in [0.1, 0.15) is 47.5 Å². The first-order valence-electron chi connectivity index (χ1n) is 8.54. The molecule has 0 saturated carbocycles. The van der Waals surface area contributed by atoms with E-state index in [0.29, 0.717) is 35.1 Å². The van der Waals surface area contributed by atoms with Crippen molar-refractivity contribution in [2.75, 3.05) is 0 Å². The molecule has 1 N–H and O–H groups in total. The van der Waals surface area contributed by atoms with Gasteiger partial charge in [0, 0.05) is 12.1 Å². The molecule has 9 heteroatoms. The molecule has 0 spiro atoms. The number of carbonyl (C=O) groups is 2. The number of aliphatic carboxylic acids is 1. The van der Waals surface area contributed by atoms with E-state index in [0.717, 1.165) is 5.69 Å². The van der Waals surface area contributed by atoms with Gasteiger partial charge in [-0.15, -0.1) is 5.10 Å². The molecule has 0 fully saturated rings. The lowest BCUT2D eigenvalue weighted by Gasteiger charge is -2.14. The molecule has 0 saturated heterocycles. The SMILES string of the molecule is CC(=O)c1c(C)nn([C@@H](C)Cc2nc(-c3ccco3)nn2CC(=O)O)c1C. The Bertz CT molecular complexity index is 984. The zero-order valence-electron chi connectivity index (χ0n) is 15.6. The largest absolute Gasteiger partial charge is 0.480 e. The van der Waals surface area contributed by atoms with Crippen molar-refractivity contribution in [1.29, 1.82) is 0 Å². The first kappa shape index (κ1) is 18.6. The van der Waals surface area contributed by atoms with Gasteiger partial charge in [-0.2, -0.15) is 5.10 Å². The molecular formula is C18H21N5O4. The Morgan fingerprint density at radius 3 is 2.59 bits per heavy atom. The molecule has 0 radical (unpaired) electrons. The van der Waals surface area contributed by atoms with Crippen molar-refractivity contribution >= 4 is 11.8 Å². The monoisotopic (exact) mass is 371 g/mol. The van der Waals surface area contributed by atoms with Crippen molar-refractivity contribution in [1.82, 2.24) is 24.5 Å². The second-order valence-corrected chi connectivity index (χ2v) is 6.48. The van der Waals surface area contributed by atoms with E-state index >= 15 is 0 Å². The van der Waals surface area contributed by atoms with Gasteiger partial charge in [0.25, 0.3) is 0 Å². The molecule has 0 aromatic carbocycles. The number of hydrogen-bond donors (Lipinski definition) is 1. The summed E-state index contributed by atoms with van der Waals surface area (Å²) in [7, 11) is 0. The summed E-state index contributed by atoms with van der Waals surface area (Å²) in [6.07, 6.45) is 1.91. The van der Waals surface area contributed by atoms with E-state index in [1.54, 1.807) is 23.7 Å². The number of carbonyl (C=O) groups excluding carboxylic acids is 1. The number of Topliss-reactive ketones (excluding diaryl/α,β-unsaturated/α-hetero) is 1. The van der Waals surface area contributed by atoms with E-state index in [-0.39, 0.29) is 18.4 Å². The van der Waals surface area contributed by atoms with Gasteiger partial charge >= 0.3 is 5.97 Å². The molecule has 3 aromatic rings. The number of hydrogen-bond acceptors (Lipinski definition) is 6. The molecule has 0 amide bonds. The summed E-state index contributed by atoms with van der Waals surface area (Å²) in [5, 5.41) is 17.9. The van der Waals surface area contributed by atoms with Crippen LogP contribution in [0.5, 0.6) is 0 Å². The van der Waals surface area contributed by atoms with Crippen LogP contribution >= 0.6 is 0 Å². The number of ketones is 1. The van der Waals surface area contributed by atoms with E-state index in [1.165, 1.54) is 17.9 Å². The maximum absolute atomic E-state index is 11.8. The molecule has 3 rings (SSSR count). The topological polar surface area (TPSA) is 116 Å². The summed E-state index contributed by atoms with van der Waals surface area (Å²) < 4.78 is 8.44. The van der Waals surface area contributed by atoms with Crippen LogP contribution in [-0.2, 0) is 17.8 Å². The number of aromatic nitrogens is 5. The smallest absolute Gasteiger partial charge is 0.325 e. The zero-order valence-corrected chi connectivity index (χ0v) is 15.6. The van der Waals surface area contributed by atoms with E-state index in [1.807, 2.05) is 13.8 Å². The normalized spacial score (nSPS) is 12.3. The van der Waals surface area contributed by atoms with Crippen LogP contribution in [-0.4, -0.2) is 41.4 Å². The molecule has 9 nitrogen and oxygen atoms in total. The van der Waals surface area contributed by atoms with Crippen LogP contribution in [0.25, 0.3) is 11.6 Å². The van der Waals surface area contributed by atoms with Crippen molar-refractivity contribution in [3.63, 3.8) is 0 Å². The number of furan rings is 1. The Hall–Kier alpha value is -3.23. The van der Waals surface area contributed by atoms with E-state index in [9.17, 15) is 9.59 Å². The van der Waals surface area contributed by atoms with Gasteiger partial charge in [0.1, 0.15) is 12.4 Å². The standard InChI is InChI=1S/C18H21N5O4/c1-10(23-12(3)17(13(4)24)11(2)20-23)8-15-19-18(14-6-5-7-27-14)21-22(15)9-16(25)26/h5-7,10H,8-9H2,1-4H3,(H,25,26)/t10-/m0/s1. The molecule has 0 aliphatic rings. The molecule has 0 bridgehead atoms. The predicted molar refractivity (Wildman–Crippen MR) is 95.5 cm³/mol. The Morgan fingerprint density at radius 2 is 2.04 bits per heavy atom. The minimum atomic E-state index is -1.01. The molecule has 27 heavy (non-hydrogen) atoms. The second-order valence-electron chi connectivity index (χ2n) is 6.48. The fourth-order valence-corrected chi connectivity index (χ4v) is 3.24. The predicted octanol–water partition coefficient (Wildman–Crippen LogP) is 2.44. The Balaban J connectivity index is 1.93. The van der Waals surface area contributed by atoms with Gasteiger partial charge in [-0.25, -0.2) is 9.67 Å². The van der Waals surface area contributed by atoms with E-state index in [2.05, 4.69) is 15.2 Å².